The molecule has 0 bridgehead atoms. The minimum absolute atomic E-state index is 0. The zero-order valence-electron chi connectivity index (χ0n) is 13.6. The van der Waals surface area contributed by atoms with Crippen LogP contribution in [0.1, 0.15) is 32.9 Å². The molecule has 0 atom stereocenters. The number of ether oxygens (including phenoxy) is 1. The Balaban J connectivity index is 0.00000225. The van der Waals surface area contributed by atoms with Gasteiger partial charge in [0.15, 0.2) is 5.69 Å². The minimum atomic E-state index is -2.91. The first-order valence-electron chi connectivity index (χ1n) is 7.64. The number of halogens is 3. The van der Waals surface area contributed by atoms with Crippen LogP contribution in [0.2, 0.25) is 0 Å². The van der Waals surface area contributed by atoms with Gasteiger partial charge in [-0.15, -0.1) is 12.4 Å². The number of rotatable bonds is 5. The lowest BCUT2D eigenvalue weighted by molar-refractivity contribution is -0.0504. The summed E-state index contributed by atoms with van der Waals surface area (Å²) in [6.07, 6.45) is 0.792. The zero-order chi connectivity index (χ0) is 17.1. The van der Waals surface area contributed by atoms with Gasteiger partial charge in [-0.1, -0.05) is 17.7 Å². The van der Waals surface area contributed by atoms with Crippen LogP contribution in [0.5, 0.6) is 5.75 Å². The molecule has 1 aliphatic rings. The van der Waals surface area contributed by atoms with Gasteiger partial charge in [0.25, 0.3) is 5.91 Å². The molecule has 3 N–H and O–H groups in total. The van der Waals surface area contributed by atoms with Gasteiger partial charge in [-0.3, -0.25) is 9.89 Å². The largest absolute Gasteiger partial charge is 0.434 e. The van der Waals surface area contributed by atoms with Crippen molar-refractivity contribution in [1.29, 1.82) is 0 Å². The van der Waals surface area contributed by atoms with Crippen LogP contribution in [0.4, 0.5) is 8.78 Å². The minimum Gasteiger partial charge on any atom is -0.434 e. The summed E-state index contributed by atoms with van der Waals surface area (Å²) in [5.74, 6) is -0.290. The summed E-state index contributed by atoms with van der Waals surface area (Å²) < 4.78 is 29.5. The number of nitrogens with one attached hydrogen (secondary N) is 3. The molecule has 2 heterocycles. The van der Waals surface area contributed by atoms with E-state index in [-0.39, 0.29) is 30.6 Å². The van der Waals surface area contributed by atoms with Crippen LogP contribution in [0.3, 0.4) is 0 Å². The second-order valence-electron chi connectivity index (χ2n) is 5.63. The van der Waals surface area contributed by atoms with Crippen LogP contribution in [-0.4, -0.2) is 29.3 Å². The molecule has 0 saturated carbocycles. The van der Waals surface area contributed by atoms with Crippen LogP contribution in [0.25, 0.3) is 0 Å². The van der Waals surface area contributed by atoms with E-state index >= 15 is 0 Å². The molecule has 1 aliphatic heterocycles. The molecule has 136 valence electrons. The lowest BCUT2D eigenvalue weighted by atomic mass is 10.1. The molecule has 0 radical (unpaired) electrons. The Morgan fingerprint density at radius 2 is 2.24 bits per heavy atom. The second kappa shape index (κ2) is 8.26. The number of alkyl halides is 2. The first-order valence-corrected chi connectivity index (χ1v) is 7.64. The second-order valence-corrected chi connectivity index (χ2v) is 5.63. The van der Waals surface area contributed by atoms with Gasteiger partial charge in [0, 0.05) is 42.9 Å². The van der Waals surface area contributed by atoms with E-state index in [1.54, 1.807) is 12.1 Å². The summed E-state index contributed by atoms with van der Waals surface area (Å²) in [5, 5.41) is 12.9. The lowest BCUT2D eigenvalue weighted by Crippen LogP contribution is -2.28. The van der Waals surface area contributed by atoms with Gasteiger partial charge >= 0.3 is 6.61 Å². The normalized spacial score (nSPS) is 13.1. The first kappa shape index (κ1) is 19.1. The number of aromatic nitrogens is 2. The van der Waals surface area contributed by atoms with Gasteiger partial charge in [-0.2, -0.15) is 13.9 Å². The number of fused-ring (bicyclic) bond motifs is 1. The molecule has 0 unspecified atom stereocenters. The molecular weight excluding hydrogens is 354 g/mol. The standard InChI is InChI=1S/C16H18F2N4O2.ClH/c1-9-2-3-13(24-16(17)18)10(6-9)7-20-15(23)14-11-8-19-5-4-12(11)21-22-14;/h2-3,6,16,19H,4-5,7-8H2,1H3,(H,20,23)(H,21,22);1H. The Bertz CT molecular complexity index is 752. The molecule has 0 spiro atoms. The van der Waals surface area contributed by atoms with Crippen molar-refractivity contribution < 1.29 is 18.3 Å². The molecule has 25 heavy (non-hydrogen) atoms. The number of aromatic amines is 1. The molecule has 9 heteroatoms. The van der Waals surface area contributed by atoms with Crippen LogP contribution < -0.4 is 15.4 Å². The number of benzene rings is 1. The molecule has 2 aromatic rings. The van der Waals surface area contributed by atoms with E-state index in [4.69, 9.17) is 0 Å². The van der Waals surface area contributed by atoms with Crippen molar-refractivity contribution >= 4 is 18.3 Å². The van der Waals surface area contributed by atoms with Crippen LogP contribution in [0, 0.1) is 6.92 Å². The number of amides is 1. The third kappa shape index (κ3) is 4.46. The lowest BCUT2D eigenvalue weighted by Gasteiger charge is -2.14. The highest BCUT2D eigenvalue weighted by atomic mass is 35.5. The molecule has 6 nitrogen and oxygen atoms in total. The zero-order valence-corrected chi connectivity index (χ0v) is 14.4. The number of carbonyl (C=O) groups excluding carboxylic acids is 1. The number of carbonyl (C=O) groups is 1. The van der Waals surface area contributed by atoms with E-state index in [9.17, 15) is 13.6 Å². The molecule has 1 amide bonds. The highest BCUT2D eigenvalue weighted by molar-refractivity contribution is 5.94. The summed E-state index contributed by atoms with van der Waals surface area (Å²) in [6, 6.07) is 4.86. The van der Waals surface area contributed by atoms with E-state index < -0.39 is 6.61 Å². The highest BCUT2D eigenvalue weighted by Crippen LogP contribution is 2.22. The molecular formula is C16H19ClF2N4O2. The predicted octanol–water partition coefficient (Wildman–Crippen LogP) is 2.32. The maximum Gasteiger partial charge on any atom is 0.387 e. The summed E-state index contributed by atoms with van der Waals surface area (Å²) in [6.45, 7) is 0.434. The third-order valence-electron chi connectivity index (χ3n) is 3.89. The van der Waals surface area contributed by atoms with E-state index in [1.807, 2.05) is 6.92 Å². The van der Waals surface area contributed by atoms with Crippen LogP contribution >= 0.6 is 12.4 Å². The molecule has 0 aliphatic carbocycles. The van der Waals surface area contributed by atoms with E-state index in [1.165, 1.54) is 6.07 Å². The quantitative estimate of drug-likeness (QED) is 0.752. The topological polar surface area (TPSA) is 79.0 Å². The average molecular weight is 373 g/mol. The van der Waals surface area contributed by atoms with Gasteiger partial charge in [-0.05, 0) is 13.0 Å². The number of aryl methyl sites for hydroxylation is 1. The fraction of sp³-hybridized carbons (Fsp3) is 0.375. The Morgan fingerprint density at radius 3 is 3.00 bits per heavy atom. The Morgan fingerprint density at radius 1 is 1.44 bits per heavy atom. The van der Waals surface area contributed by atoms with Crippen LogP contribution in [-0.2, 0) is 19.5 Å². The van der Waals surface area contributed by atoms with Crippen molar-refractivity contribution in [3.8, 4) is 5.75 Å². The van der Waals surface area contributed by atoms with E-state index in [2.05, 4.69) is 25.6 Å². The van der Waals surface area contributed by atoms with Crippen molar-refractivity contribution in [3.05, 3.63) is 46.3 Å². The maximum absolute atomic E-state index is 12.5. The van der Waals surface area contributed by atoms with Crippen molar-refractivity contribution in [2.45, 2.75) is 33.0 Å². The summed E-state index contributed by atoms with van der Waals surface area (Å²) >= 11 is 0. The number of hydrogen-bond donors (Lipinski definition) is 3. The summed E-state index contributed by atoms with van der Waals surface area (Å²) in [5.41, 5.74) is 3.53. The fourth-order valence-electron chi connectivity index (χ4n) is 2.73. The monoisotopic (exact) mass is 372 g/mol. The van der Waals surface area contributed by atoms with Gasteiger partial charge < -0.3 is 15.4 Å². The summed E-state index contributed by atoms with van der Waals surface area (Å²) in [4.78, 5) is 12.4. The number of nitrogens with zero attached hydrogens (tertiary/aromatic N) is 1. The van der Waals surface area contributed by atoms with Crippen molar-refractivity contribution in [2.24, 2.45) is 0 Å². The van der Waals surface area contributed by atoms with Gasteiger partial charge in [0.05, 0.1) is 0 Å². The van der Waals surface area contributed by atoms with Crippen molar-refractivity contribution in [3.63, 3.8) is 0 Å². The van der Waals surface area contributed by atoms with Gasteiger partial charge in [-0.25, -0.2) is 0 Å². The first-order chi connectivity index (χ1) is 11.5. The maximum atomic E-state index is 12.5. The van der Waals surface area contributed by atoms with E-state index in [0.717, 1.165) is 29.8 Å². The van der Waals surface area contributed by atoms with E-state index in [0.29, 0.717) is 17.8 Å². The van der Waals surface area contributed by atoms with Crippen molar-refractivity contribution in [2.75, 3.05) is 6.54 Å². The molecule has 0 fully saturated rings. The average Bonchev–Trinajstić information content (AvgIpc) is 2.98. The Labute approximate surface area is 149 Å². The smallest absolute Gasteiger partial charge is 0.387 e. The molecule has 0 saturated heterocycles. The Kier molecular flexibility index (Phi) is 6.33. The Hall–Kier alpha value is -2.19. The number of H-pyrrole nitrogens is 1. The van der Waals surface area contributed by atoms with Crippen molar-refractivity contribution in [1.82, 2.24) is 20.8 Å². The fourth-order valence-corrected chi connectivity index (χ4v) is 2.73. The van der Waals surface area contributed by atoms with Gasteiger partial charge in [0.2, 0.25) is 0 Å². The van der Waals surface area contributed by atoms with Crippen LogP contribution in [0.15, 0.2) is 18.2 Å². The highest BCUT2D eigenvalue weighted by Gasteiger charge is 2.21. The molecule has 1 aromatic heterocycles. The summed E-state index contributed by atoms with van der Waals surface area (Å²) in [7, 11) is 0. The predicted molar refractivity (Wildman–Crippen MR) is 90.2 cm³/mol. The third-order valence-corrected chi connectivity index (χ3v) is 3.89. The van der Waals surface area contributed by atoms with Gasteiger partial charge in [0.1, 0.15) is 5.75 Å². The molecule has 1 aromatic carbocycles. The number of hydrogen-bond acceptors (Lipinski definition) is 4. The SMILES string of the molecule is Cc1ccc(OC(F)F)c(CNC(=O)c2n[nH]c3c2CNCC3)c1.Cl. The molecule has 3 rings (SSSR count).